The molecule has 176 valence electrons. The van der Waals surface area contributed by atoms with Crippen molar-refractivity contribution in [3.63, 3.8) is 0 Å². The van der Waals surface area contributed by atoms with Crippen LogP contribution in [-0.2, 0) is 20.3 Å². The number of hydrogen-bond acceptors (Lipinski definition) is 4. The van der Waals surface area contributed by atoms with Gasteiger partial charge in [-0.2, -0.15) is 11.8 Å². The largest absolute Gasteiger partial charge is 0.617 e. The Morgan fingerprint density at radius 2 is 1.34 bits per heavy atom. The van der Waals surface area contributed by atoms with Crippen LogP contribution in [0, 0.1) is 5.92 Å². The zero-order valence-electron chi connectivity index (χ0n) is 18.7. The third kappa shape index (κ3) is 24.9. The molecule has 0 aromatic heterocycles. The SMILES string of the molecule is CCCCCCCCCCCCCCCCSCC(COP(=O)(O)O)C[S+](C)[O-]. The molecule has 0 aromatic rings. The fraction of sp³-hybridized carbons (Fsp3) is 1.00. The average molecular weight is 473 g/mol. The first-order valence-electron chi connectivity index (χ1n) is 11.4. The van der Waals surface area contributed by atoms with Crippen molar-refractivity contribution in [2.75, 3.05) is 30.1 Å². The first-order valence-corrected chi connectivity index (χ1v) is 15.8. The average Bonchev–Trinajstić information content (AvgIpc) is 2.64. The third-order valence-corrected chi connectivity index (χ3v) is 7.66. The summed E-state index contributed by atoms with van der Waals surface area (Å²) in [6.45, 7) is 2.23. The minimum Gasteiger partial charge on any atom is -0.617 e. The first-order chi connectivity index (χ1) is 13.8. The number of hydrogen-bond donors (Lipinski definition) is 2. The minimum absolute atomic E-state index is 0.0321. The molecule has 2 atom stereocenters. The summed E-state index contributed by atoms with van der Waals surface area (Å²) in [7, 11) is -4.45. The monoisotopic (exact) mass is 472 g/mol. The van der Waals surface area contributed by atoms with E-state index in [9.17, 15) is 9.12 Å². The maximum Gasteiger partial charge on any atom is 0.469 e. The van der Waals surface area contributed by atoms with Crippen molar-refractivity contribution in [1.29, 1.82) is 0 Å². The van der Waals surface area contributed by atoms with Crippen molar-refractivity contribution in [2.45, 2.75) is 96.8 Å². The minimum atomic E-state index is -4.45. The molecule has 0 rings (SSSR count). The Hall–Kier alpha value is 0.770. The van der Waals surface area contributed by atoms with Crippen LogP contribution in [0.25, 0.3) is 0 Å². The Labute approximate surface area is 187 Å². The molecule has 0 radical (unpaired) electrons. The van der Waals surface area contributed by atoms with Gasteiger partial charge in [0.2, 0.25) is 0 Å². The molecular formula is C21H45O5PS2. The van der Waals surface area contributed by atoms with Gasteiger partial charge >= 0.3 is 7.82 Å². The van der Waals surface area contributed by atoms with Crippen molar-refractivity contribution >= 4 is 30.8 Å². The molecule has 0 fully saturated rings. The summed E-state index contributed by atoms with van der Waals surface area (Å²) < 4.78 is 26.8. The van der Waals surface area contributed by atoms with Crippen molar-refractivity contribution in [2.24, 2.45) is 5.92 Å². The molecule has 0 spiro atoms. The van der Waals surface area contributed by atoms with E-state index < -0.39 is 19.0 Å². The molecule has 0 saturated heterocycles. The quantitative estimate of drug-likeness (QED) is 0.109. The van der Waals surface area contributed by atoms with Crippen molar-refractivity contribution in [3.8, 4) is 0 Å². The van der Waals surface area contributed by atoms with Crippen LogP contribution in [-0.4, -0.2) is 44.5 Å². The van der Waals surface area contributed by atoms with E-state index in [0.29, 0.717) is 5.75 Å². The lowest BCUT2D eigenvalue weighted by Gasteiger charge is -2.17. The highest BCUT2D eigenvalue weighted by molar-refractivity contribution is 7.99. The van der Waals surface area contributed by atoms with Gasteiger partial charge in [0.25, 0.3) is 0 Å². The van der Waals surface area contributed by atoms with Crippen LogP contribution in [0.15, 0.2) is 0 Å². The van der Waals surface area contributed by atoms with Crippen LogP contribution in [0.2, 0.25) is 0 Å². The second kappa shape index (κ2) is 20.7. The van der Waals surface area contributed by atoms with Gasteiger partial charge in [-0.05, 0) is 12.2 Å². The molecule has 29 heavy (non-hydrogen) atoms. The molecule has 0 heterocycles. The van der Waals surface area contributed by atoms with E-state index in [2.05, 4.69) is 11.4 Å². The third-order valence-electron chi connectivity index (χ3n) is 4.94. The number of thioether (sulfide) groups is 1. The van der Waals surface area contributed by atoms with E-state index in [1.807, 2.05) is 0 Å². The normalized spacial score (nSPS) is 14.2. The number of phosphoric acid groups is 1. The molecule has 0 bridgehead atoms. The Kier molecular flexibility index (Phi) is 21.2. The molecule has 2 N–H and O–H groups in total. The molecule has 8 heteroatoms. The van der Waals surface area contributed by atoms with E-state index in [0.717, 1.165) is 11.5 Å². The Balaban J connectivity index is 3.44. The lowest BCUT2D eigenvalue weighted by Crippen LogP contribution is -2.22. The fourth-order valence-electron chi connectivity index (χ4n) is 3.33. The van der Waals surface area contributed by atoms with E-state index in [4.69, 9.17) is 9.79 Å². The van der Waals surface area contributed by atoms with Crippen molar-refractivity contribution in [3.05, 3.63) is 0 Å². The summed E-state index contributed by atoms with van der Waals surface area (Å²) in [6.07, 6.45) is 20.5. The van der Waals surface area contributed by atoms with Gasteiger partial charge in [0.15, 0.2) is 0 Å². The lowest BCUT2D eigenvalue weighted by molar-refractivity contribution is 0.179. The van der Waals surface area contributed by atoms with E-state index in [1.165, 1.54) is 89.9 Å². The zero-order chi connectivity index (χ0) is 21.8. The smallest absolute Gasteiger partial charge is 0.469 e. The maximum atomic E-state index is 11.4. The summed E-state index contributed by atoms with van der Waals surface area (Å²) in [5.74, 6) is 2.12. The van der Waals surface area contributed by atoms with Gasteiger partial charge in [-0.25, -0.2) is 4.57 Å². The molecule has 0 aliphatic carbocycles. The highest BCUT2D eigenvalue weighted by Gasteiger charge is 2.21. The number of unbranched alkanes of at least 4 members (excludes halogenated alkanes) is 13. The van der Waals surface area contributed by atoms with Gasteiger partial charge < -0.3 is 14.3 Å². The summed E-state index contributed by atoms with van der Waals surface area (Å²) in [4.78, 5) is 17.6. The van der Waals surface area contributed by atoms with Gasteiger partial charge in [-0.3, -0.25) is 4.52 Å². The fourth-order valence-corrected chi connectivity index (χ4v) is 5.88. The Morgan fingerprint density at radius 1 is 0.897 bits per heavy atom. The highest BCUT2D eigenvalue weighted by atomic mass is 32.2. The molecule has 0 aliphatic heterocycles. The van der Waals surface area contributed by atoms with E-state index >= 15 is 0 Å². The van der Waals surface area contributed by atoms with Crippen LogP contribution in [0.3, 0.4) is 0 Å². The van der Waals surface area contributed by atoms with Crippen LogP contribution in [0.5, 0.6) is 0 Å². The van der Waals surface area contributed by atoms with Gasteiger partial charge in [-0.15, -0.1) is 0 Å². The number of rotatable bonds is 22. The molecule has 0 aromatic carbocycles. The predicted molar refractivity (Wildman–Crippen MR) is 128 cm³/mol. The first kappa shape index (κ1) is 29.8. The van der Waals surface area contributed by atoms with Crippen LogP contribution in [0.4, 0.5) is 0 Å². The lowest BCUT2D eigenvalue weighted by atomic mass is 10.0. The summed E-state index contributed by atoms with van der Waals surface area (Å²) >= 11 is 0.782. The summed E-state index contributed by atoms with van der Waals surface area (Å²) in [5.41, 5.74) is 0. The molecular weight excluding hydrogens is 427 g/mol. The van der Waals surface area contributed by atoms with Gasteiger partial charge in [0.05, 0.1) is 12.9 Å². The Bertz CT molecular complexity index is 393. The summed E-state index contributed by atoms with van der Waals surface area (Å²) in [5, 5.41) is 0. The van der Waals surface area contributed by atoms with Gasteiger partial charge in [0.1, 0.15) is 5.75 Å². The molecule has 2 unspecified atom stereocenters. The standard InChI is InChI=1S/C21H45O5PS2/c1-3-4-5-6-7-8-9-10-11-12-13-14-15-16-17-28-19-21(20-29(2)25)18-26-27(22,23)24/h21H,3-20H2,1-2H3,(H2,22,23,24). The second-order valence-electron chi connectivity index (χ2n) is 8.06. The van der Waals surface area contributed by atoms with Crippen molar-refractivity contribution < 1.29 is 23.4 Å². The van der Waals surface area contributed by atoms with Crippen LogP contribution < -0.4 is 0 Å². The van der Waals surface area contributed by atoms with Crippen LogP contribution in [0.1, 0.15) is 96.8 Å². The van der Waals surface area contributed by atoms with E-state index in [-0.39, 0.29) is 12.5 Å². The van der Waals surface area contributed by atoms with Crippen molar-refractivity contribution in [1.82, 2.24) is 0 Å². The summed E-state index contributed by atoms with van der Waals surface area (Å²) in [6, 6.07) is 0. The Morgan fingerprint density at radius 3 is 1.76 bits per heavy atom. The van der Waals surface area contributed by atoms with E-state index in [1.54, 1.807) is 18.0 Å². The predicted octanol–water partition coefficient (Wildman–Crippen LogP) is 6.30. The van der Waals surface area contributed by atoms with Crippen LogP contribution >= 0.6 is 19.6 Å². The molecule has 5 nitrogen and oxygen atoms in total. The molecule has 0 amide bonds. The molecule has 0 aliphatic rings. The maximum absolute atomic E-state index is 11.4. The topological polar surface area (TPSA) is 89.8 Å². The molecule has 0 saturated carbocycles. The highest BCUT2D eigenvalue weighted by Crippen LogP contribution is 2.36. The van der Waals surface area contributed by atoms with Gasteiger partial charge in [-0.1, -0.05) is 102 Å². The van der Waals surface area contributed by atoms with Gasteiger partial charge in [0, 0.05) is 11.7 Å². The second-order valence-corrected chi connectivity index (χ2v) is 11.9. The zero-order valence-corrected chi connectivity index (χ0v) is 21.2. The number of phosphoric ester groups is 1.